The zero-order valence-corrected chi connectivity index (χ0v) is 9.65. The summed E-state index contributed by atoms with van der Waals surface area (Å²) in [6.07, 6.45) is 8.90. The van der Waals surface area contributed by atoms with Gasteiger partial charge in [-0.15, -0.1) is 0 Å². The number of rotatable bonds is 7. The van der Waals surface area contributed by atoms with Gasteiger partial charge < -0.3 is 5.73 Å². The van der Waals surface area contributed by atoms with Crippen LogP contribution in [0.4, 0.5) is 0 Å². The zero-order chi connectivity index (χ0) is 10.9. The second-order valence-corrected chi connectivity index (χ2v) is 4.12. The maximum absolute atomic E-state index is 6.03. The molecule has 15 heavy (non-hydrogen) atoms. The lowest BCUT2D eigenvalue weighted by atomic mass is 10.0. The molecule has 0 bridgehead atoms. The Balaban J connectivity index is 2.14. The van der Waals surface area contributed by atoms with Crippen molar-refractivity contribution >= 4 is 0 Å². The average Bonchev–Trinajstić information content (AvgIpc) is 2.28. The highest BCUT2D eigenvalue weighted by Crippen LogP contribution is 2.07. The van der Waals surface area contributed by atoms with Crippen LogP contribution in [0.2, 0.25) is 0 Å². The third-order valence-corrected chi connectivity index (χ3v) is 2.68. The fourth-order valence-electron chi connectivity index (χ4n) is 1.68. The van der Waals surface area contributed by atoms with Crippen molar-refractivity contribution in [1.82, 2.24) is 4.98 Å². The first-order chi connectivity index (χ1) is 7.33. The van der Waals surface area contributed by atoms with Crippen molar-refractivity contribution in [3.63, 3.8) is 0 Å². The van der Waals surface area contributed by atoms with E-state index in [0.717, 1.165) is 25.0 Å². The van der Waals surface area contributed by atoms with Crippen LogP contribution in [-0.4, -0.2) is 11.0 Å². The van der Waals surface area contributed by atoms with Gasteiger partial charge in [0.25, 0.3) is 0 Å². The number of pyridine rings is 1. The summed E-state index contributed by atoms with van der Waals surface area (Å²) >= 11 is 0. The quantitative estimate of drug-likeness (QED) is 0.697. The SMILES string of the molecule is CCCCCC(N)CCc1ccccn1. The average molecular weight is 206 g/mol. The number of aromatic nitrogens is 1. The van der Waals surface area contributed by atoms with Gasteiger partial charge in [0.05, 0.1) is 0 Å². The van der Waals surface area contributed by atoms with Crippen LogP contribution in [0.3, 0.4) is 0 Å². The molecule has 0 aromatic carbocycles. The van der Waals surface area contributed by atoms with Crippen LogP contribution in [0.5, 0.6) is 0 Å². The van der Waals surface area contributed by atoms with Gasteiger partial charge in [-0.05, 0) is 31.4 Å². The molecule has 1 atom stereocenters. The van der Waals surface area contributed by atoms with Crippen molar-refractivity contribution in [2.24, 2.45) is 5.73 Å². The Morgan fingerprint density at radius 2 is 2.13 bits per heavy atom. The van der Waals surface area contributed by atoms with E-state index in [2.05, 4.69) is 18.0 Å². The third-order valence-electron chi connectivity index (χ3n) is 2.68. The van der Waals surface area contributed by atoms with Gasteiger partial charge in [-0.25, -0.2) is 0 Å². The molecule has 0 amide bonds. The molecule has 1 aromatic rings. The van der Waals surface area contributed by atoms with E-state index in [-0.39, 0.29) is 0 Å². The van der Waals surface area contributed by atoms with Crippen molar-refractivity contribution in [2.75, 3.05) is 0 Å². The molecule has 1 unspecified atom stereocenters. The number of aryl methyl sites for hydroxylation is 1. The molecule has 0 saturated carbocycles. The first kappa shape index (κ1) is 12.2. The van der Waals surface area contributed by atoms with Crippen molar-refractivity contribution in [3.8, 4) is 0 Å². The van der Waals surface area contributed by atoms with Gasteiger partial charge in [0.15, 0.2) is 0 Å². The summed E-state index contributed by atoms with van der Waals surface area (Å²) in [6.45, 7) is 2.22. The Labute approximate surface area is 92.9 Å². The molecular formula is C13H22N2. The van der Waals surface area contributed by atoms with Crippen LogP contribution in [0.1, 0.15) is 44.7 Å². The molecule has 0 aliphatic rings. The van der Waals surface area contributed by atoms with Gasteiger partial charge in [0.1, 0.15) is 0 Å². The second-order valence-electron chi connectivity index (χ2n) is 4.12. The highest BCUT2D eigenvalue weighted by atomic mass is 14.7. The van der Waals surface area contributed by atoms with E-state index in [1.54, 1.807) is 0 Å². The summed E-state index contributed by atoms with van der Waals surface area (Å²) in [5.41, 5.74) is 7.19. The Morgan fingerprint density at radius 1 is 1.27 bits per heavy atom. The Kier molecular flexibility index (Phi) is 6.02. The summed E-state index contributed by atoms with van der Waals surface area (Å²) in [5.74, 6) is 0. The maximum atomic E-state index is 6.03. The van der Waals surface area contributed by atoms with E-state index >= 15 is 0 Å². The topological polar surface area (TPSA) is 38.9 Å². The van der Waals surface area contributed by atoms with Crippen molar-refractivity contribution < 1.29 is 0 Å². The lowest BCUT2D eigenvalue weighted by Gasteiger charge is -2.10. The van der Waals surface area contributed by atoms with Gasteiger partial charge in [-0.1, -0.05) is 32.3 Å². The number of hydrogen-bond donors (Lipinski definition) is 1. The van der Waals surface area contributed by atoms with Gasteiger partial charge in [-0.2, -0.15) is 0 Å². The molecule has 1 aromatic heterocycles. The second kappa shape index (κ2) is 7.41. The maximum Gasteiger partial charge on any atom is 0.0404 e. The fraction of sp³-hybridized carbons (Fsp3) is 0.615. The van der Waals surface area contributed by atoms with E-state index in [1.165, 1.54) is 19.3 Å². The van der Waals surface area contributed by atoms with E-state index < -0.39 is 0 Å². The van der Waals surface area contributed by atoms with Gasteiger partial charge in [-0.3, -0.25) is 4.98 Å². The van der Waals surface area contributed by atoms with E-state index in [1.807, 2.05) is 18.3 Å². The first-order valence-electron chi connectivity index (χ1n) is 5.98. The van der Waals surface area contributed by atoms with Crippen molar-refractivity contribution in [2.45, 2.75) is 51.5 Å². The van der Waals surface area contributed by atoms with Crippen molar-refractivity contribution in [3.05, 3.63) is 30.1 Å². The van der Waals surface area contributed by atoms with Gasteiger partial charge >= 0.3 is 0 Å². The zero-order valence-electron chi connectivity index (χ0n) is 9.65. The van der Waals surface area contributed by atoms with E-state index in [4.69, 9.17) is 5.73 Å². The first-order valence-corrected chi connectivity index (χ1v) is 5.98. The molecule has 0 aliphatic carbocycles. The van der Waals surface area contributed by atoms with Gasteiger partial charge in [0.2, 0.25) is 0 Å². The van der Waals surface area contributed by atoms with Crippen LogP contribution in [0.25, 0.3) is 0 Å². The number of unbranched alkanes of at least 4 members (excludes halogenated alkanes) is 2. The molecule has 2 nitrogen and oxygen atoms in total. The minimum atomic E-state index is 0.346. The summed E-state index contributed by atoms with van der Waals surface area (Å²) in [6, 6.07) is 6.40. The lowest BCUT2D eigenvalue weighted by Crippen LogP contribution is -2.20. The minimum Gasteiger partial charge on any atom is -0.328 e. The van der Waals surface area contributed by atoms with Crippen molar-refractivity contribution in [1.29, 1.82) is 0 Å². The predicted octanol–water partition coefficient (Wildman–Crippen LogP) is 2.92. The normalized spacial score (nSPS) is 12.7. The predicted molar refractivity (Wildman–Crippen MR) is 64.7 cm³/mol. The molecule has 84 valence electrons. The highest BCUT2D eigenvalue weighted by molar-refractivity contribution is 5.03. The molecule has 0 spiro atoms. The van der Waals surface area contributed by atoms with Gasteiger partial charge in [0, 0.05) is 17.9 Å². The molecule has 0 saturated heterocycles. The van der Waals surface area contributed by atoms with E-state index in [9.17, 15) is 0 Å². The van der Waals surface area contributed by atoms with Crippen LogP contribution in [0, 0.1) is 0 Å². The molecular weight excluding hydrogens is 184 g/mol. The molecule has 2 N–H and O–H groups in total. The monoisotopic (exact) mass is 206 g/mol. The minimum absolute atomic E-state index is 0.346. The number of nitrogens with two attached hydrogens (primary N) is 1. The number of hydrogen-bond acceptors (Lipinski definition) is 2. The standard InChI is InChI=1S/C13H22N2/c1-2-3-4-7-12(14)9-10-13-8-5-6-11-15-13/h5-6,8,11-12H,2-4,7,9-10,14H2,1H3. The summed E-state index contributed by atoms with van der Waals surface area (Å²) in [4.78, 5) is 4.29. The molecule has 0 fully saturated rings. The Hall–Kier alpha value is -0.890. The van der Waals surface area contributed by atoms with Crippen LogP contribution in [0.15, 0.2) is 24.4 Å². The molecule has 0 aliphatic heterocycles. The van der Waals surface area contributed by atoms with E-state index in [0.29, 0.717) is 6.04 Å². The van der Waals surface area contributed by atoms with Crippen LogP contribution >= 0.6 is 0 Å². The summed E-state index contributed by atoms with van der Waals surface area (Å²) in [5, 5.41) is 0. The smallest absolute Gasteiger partial charge is 0.0404 e. The van der Waals surface area contributed by atoms with Crippen LogP contribution in [-0.2, 0) is 6.42 Å². The molecule has 0 radical (unpaired) electrons. The lowest BCUT2D eigenvalue weighted by molar-refractivity contribution is 0.527. The summed E-state index contributed by atoms with van der Waals surface area (Å²) in [7, 11) is 0. The van der Waals surface area contributed by atoms with Crippen LogP contribution < -0.4 is 5.73 Å². The molecule has 1 rings (SSSR count). The highest BCUT2D eigenvalue weighted by Gasteiger charge is 2.02. The summed E-state index contributed by atoms with van der Waals surface area (Å²) < 4.78 is 0. The Bertz CT molecular complexity index is 246. The fourth-order valence-corrected chi connectivity index (χ4v) is 1.68. The Morgan fingerprint density at radius 3 is 2.80 bits per heavy atom. The molecule has 1 heterocycles. The molecule has 2 heteroatoms. The largest absolute Gasteiger partial charge is 0.328 e. The number of nitrogens with zero attached hydrogens (tertiary/aromatic N) is 1. The third kappa shape index (κ3) is 5.53.